The Hall–Kier alpha value is -0.610. The SMILES string of the molecule is N=C(N)C(N)CCCCCCCN. The molecule has 0 aliphatic heterocycles. The maximum atomic E-state index is 7.08. The number of amidine groups is 1. The zero-order valence-corrected chi connectivity index (χ0v) is 8.26. The first-order chi connectivity index (χ1) is 6.18. The third kappa shape index (κ3) is 7.74. The maximum Gasteiger partial charge on any atom is 0.108 e. The van der Waals surface area contributed by atoms with Crippen LogP contribution in [0.4, 0.5) is 0 Å². The molecule has 7 N–H and O–H groups in total. The van der Waals surface area contributed by atoms with Crippen LogP contribution in [0.2, 0.25) is 0 Å². The average Bonchev–Trinajstić information content (AvgIpc) is 2.10. The monoisotopic (exact) mass is 186 g/mol. The molecule has 0 aliphatic rings. The van der Waals surface area contributed by atoms with Crippen LogP contribution in [-0.4, -0.2) is 18.4 Å². The summed E-state index contributed by atoms with van der Waals surface area (Å²) >= 11 is 0. The second kappa shape index (κ2) is 8.01. The molecule has 0 aliphatic carbocycles. The zero-order valence-electron chi connectivity index (χ0n) is 8.26. The Bertz CT molecular complexity index is 136. The van der Waals surface area contributed by atoms with Crippen LogP contribution >= 0.6 is 0 Å². The van der Waals surface area contributed by atoms with Crippen LogP contribution < -0.4 is 17.2 Å². The van der Waals surface area contributed by atoms with E-state index < -0.39 is 0 Å². The molecule has 13 heavy (non-hydrogen) atoms. The summed E-state index contributed by atoms with van der Waals surface area (Å²) in [5.41, 5.74) is 16.2. The van der Waals surface area contributed by atoms with Gasteiger partial charge in [-0.2, -0.15) is 0 Å². The van der Waals surface area contributed by atoms with Crippen LogP contribution in [0.5, 0.6) is 0 Å². The second-order valence-corrected chi connectivity index (χ2v) is 3.41. The lowest BCUT2D eigenvalue weighted by Crippen LogP contribution is -2.35. The Labute approximate surface area is 80.4 Å². The van der Waals surface area contributed by atoms with Crippen molar-refractivity contribution in [1.82, 2.24) is 0 Å². The summed E-state index contributed by atoms with van der Waals surface area (Å²) in [4.78, 5) is 0. The highest BCUT2D eigenvalue weighted by Crippen LogP contribution is 2.05. The molecule has 0 spiro atoms. The Morgan fingerprint density at radius 1 is 1.08 bits per heavy atom. The molecule has 4 nitrogen and oxygen atoms in total. The standard InChI is InChI=1S/C9H22N4/c10-7-5-3-1-2-4-6-8(11)9(12)13/h8H,1-7,10-11H2,(H3,12,13). The van der Waals surface area contributed by atoms with Gasteiger partial charge in [0, 0.05) is 0 Å². The van der Waals surface area contributed by atoms with Crippen LogP contribution in [0.15, 0.2) is 0 Å². The summed E-state index contributed by atoms with van der Waals surface area (Å²) in [6.07, 6.45) is 6.58. The van der Waals surface area contributed by atoms with Gasteiger partial charge in [-0.3, -0.25) is 5.41 Å². The second-order valence-electron chi connectivity index (χ2n) is 3.41. The molecular weight excluding hydrogens is 164 g/mol. The van der Waals surface area contributed by atoms with Gasteiger partial charge in [0.15, 0.2) is 0 Å². The van der Waals surface area contributed by atoms with E-state index in [9.17, 15) is 0 Å². The lowest BCUT2D eigenvalue weighted by Gasteiger charge is -2.08. The molecule has 78 valence electrons. The molecule has 1 atom stereocenters. The molecule has 0 saturated carbocycles. The van der Waals surface area contributed by atoms with E-state index in [1.165, 1.54) is 19.3 Å². The third-order valence-electron chi connectivity index (χ3n) is 2.12. The van der Waals surface area contributed by atoms with Crippen molar-refractivity contribution in [3.63, 3.8) is 0 Å². The fourth-order valence-corrected chi connectivity index (χ4v) is 1.19. The van der Waals surface area contributed by atoms with Crippen molar-refractivity contribution < 1.29 is 0 Å². The van der Waals surface area contributed by atoms with Crippen molar-refractivity contribution in [3.8, 4) is 0 Å². The minimum atomic E-state index is -0.241. The number of hydrogen-bond acceptors (Lipinski definition) is 3. The summed E-state index contributed by atoms with van der Waals surface area (Å²) < 4.78 is 0. The minimum absolute atomic E-state index is 0.0990. The fourth-order valence-electron chi connectivity index (χ4n) is 1.19. The highest BCUT2D eigenvalue weighted by atomic mass is 14.8. The molecule has 0 aromatic rings. The highest BCUT2D eigenvalue weighted by Gasteiger charge is 2.03. The molecule has 4 heteroatoms. The van der Waals surface area contributed by atoms with E-state index in [1.54, 1.807) is 0 Å². The van der Waals surface area contributed by atoms with Crippen molar-refractivity contribution in [2.24, 2.45) is 17.2 Å². The minimum Gasteiger partial charge on any atom is -0.386 e. The van der Waals surface area contributed by atoms with E-state index in [0.717, 1.165) is 25.8 Å². The van der Waals surface area contributed by atoms with Gasteiger partial charge in [0.05, 0.1) is 6.04 Å². The van der Waals surface area contributed by atoms with Gasteiger partial charge in [0.2, 0.25) is 0 Å². The predicted molar refractivity (Wildman–Crippen MR) is 56.6 cm³/mol. The van der Waals surface area contributed by atoms with E-state index in [0.29, 0.717) is 0 Å². The Morgan fingerprint density at radius 2 is 1.62 bits per heavy atom. The van der Waals surface area contributed by atoms with Gasteiger partial charge < -0.3 is 17.2 Å². The Balaban J connectivity index is 3.11. The lowest BCUT2D eigenvalue weighted by molar-refractivity contribution is 0.583. The number of nitrogens with two attached hydrogens (primary N) is 3. The summed E-state index contributed by atoms with van der Waals surface area (Å²) in [5, 5.41) is 7.08. The molecule has 0 rings (SSSR count). The molecule has 0 fully saturated rings. The maximum absolute atomic E-state index is 7.08. The molecule has 0 radical (unpaired) electrons. The van der Waals surface area contributed by atoms with E-state index in [4.69, 9.17) is 22.6 Å². The number of nitrogens with one attached hydrogen (secondary N) is 1. The largest absolute Gasteiger partial charge is 0.386 e. The Kier molecular flexibility index (Phi) is 7.63. The summed E-state index contributed by atoms with van der Waals surface area (Å²) in [7, 11) is 0. The van der Waals surface area contributed by atoms with Crippen molar-refractivity contribution in [2.75, 3.05) is 6.54 Å². The van der Waals surface area contributed by atoms with Gasteiger partial charge in [-0.05, 0) is 19.4 Å². The molecule has 0 amide bonds. The highest BCUT2D eigenvalue weighted by molar-refractivity contribution is 5.82. The summed E-state index contributed by atoms with van der Waals surface area (Å²) in [6, 6.07) is -0.241. The van der Waals surface area contributed by atoms with Gasteiger partial charge >= 0.3 is 0 Å². The number of rotatable bonds is 8. The van der Waals surface area contributed by atoms with E-state index >= 15 is 0 Å². The molecule has 0 bridgehead atoms. The molecular formula is C9H22N4. The van der Waals surface area contributed by atoms with E-state index in [1.807, 2.05) is 0 Å². The van der Waals surface area contributed by atoms with E-state index in [2.05, 4.69) is 0 Å². The zero-order chi connectivity index (χ0) is 10.1. The fraction of sp³-hybridized carbons (Fsp3) is 0.889. The van der Waals surface area contributed by atoms with Crippen LogP contribution in [0.25, 0.3) is 0 Å². The first-order valence-electron chi connectivity index (χ1n) is 4.98. The number of hydrogen-bond donors (Lipinski definition) is 4. The topological polar surface area (TPSA) is 102 Å². The molecule has 0 aromatic heterocycles. The van der Waals surface area contributed by atoms with Gasteiger partial charge in [-0.25, -0.2) is 0 Å². The van der Waals surface area contributed by atoms with Gasteiger partial charge in [-0.15, -0.1) is 0 Å². The summed E-state index contributed by atoms with van der Waals surface area (Å²) in [6.45, 7) is 0.785. The van der Waals surface area contributed by atoms with Gasteiger partial charge in [0.1, 0.15) is 5.84 Å². The van der Waals surface area contributed by atoms with Crippen molar-refractivity contribution in [3.05, 3.63) is 0 Å². The van der Waals surface area contributed by atoms with Crippen LogP contribution in [0.1, 0.15) is 38.5 Å². The molecule has 1 unspecified atom stereocenters. The first-order valence-corrected chi connectivity index (χ1v) is 4.98. The van der Waals surface area contributed by atoms with Crippen LogP contribution in [0.3, 0.4) is 0 Å². The van der Waals surface area contributed by atoms with Gasteiger partial charge in [-0.1, -0.05) is 25.7 Å². The summed E-state index contributed by atoms with van der Waals surface area (Å²) in [5.74, 6) is 0.0990. The van der Waals surface area contributed by atoms with Crippen LogP contribution in [0, 0.1) is 5.41 Å². The quantitative estimate of drug-likeness (QED) is 0.253. The van der Waals surface area contributed by atoms with Crippen molar-refractivity contribution in [2.45, 2.75) is 44.6 Å². The van der Waals surface area contributed by atoms with Crippen LogP contribution in [-0.2, 0) is 0 Å². The van der Waals surface area contributed by atoms with E-state index in [-0.39, 0.29) is 11.9 Å². The molecule has 0 aromatic carbocycles. The Morgan fingerprint density at radius 3 is 2.15 bits per heavy atom. The van der Waals surface area contributed by atoms with Gasteiger partial charge in [0.25, 0.3) is 0 Å². The average molecular weight is 186 g/mol. The predicted octanol–water partition coefficient (Wildman–Crippen LogP) is 0.549. The normalized spacial score (nSPS) is 12.8. The lowest BCUT2D eigenvalue weighted by atomic mass is 10.1. The molecule has 0 saturated heterocycles. The third-order valence-corrected chi connectivity index (χ3v) is 2.12. The molecule has 0 heterocycles. The number of unbranched alkanes of at least 4 members (excludes halogenated alkanes) is 4. The first kappa shape index (κ1) is 12.4. The van der Waals surface area contributed by atoms with Crippen molar-refractivity contribution in [1.29, 1.82) is 5.41 Å². The van der Waals surface area contributed by atoms with Crippen molar-refractivity contribution >= 4 is 5.84 Å². The smallest absolute Gasteiger partial charge is 0.108 e.